The molecule has 0 saturated carbocycles. The lowest BCUT2D eigenvalue weighted by molar-refractivity contribution is -0.384. The van der Waals surface area contributed by atoms with Crippen molar-refractivity contribution in [2.24, 2.45) is 11.8 Å². The summed E-state index contributed by atoms with van der Waals surface area (Å²) in [7, 11) is 0. The summed E-state index contributed by atoms with van der Waals surface area (Å²) in [6.07, 6.45) is 2.95. The molecule has 1 fully saturated rings. The lowest BCUT2D eigenvalue weighted by atomic mass is 9.92. The predicted molar refractivity (Wildman–Crippen MR) is 113 cm³/mol. The first-order valence-corrected chi connectivity index (χ1v) is 9.94. The predicted octanol–water partition coefficient (Wildman–Crippen LogP) is 3.98. The van der Waals surface area contributed by atoms with Crippen molar-refractivity contribution in [1.82, 2.24) is 19.5 Å². The van der Waals surface area contributed by atoms with E-state index >= 15 is 0 Å². The zero-order valence-corrected chi connectivity index (χ0v) is 16.9. The Bertz CT molecular complexity index is 1040. The molecule has 2 unspecified atom stereocenters. The largest absolute Gasteiger partial charge is 0.340 e. The maximum absolute atomic E-state index is 11.1. The second-order valence-electron chi connectivity index (χ2n) is 7.86. The Balaban J connectivity index is 1.77. The third-order valence-corrected chi connectivity index (χ3v) is 5.26. The summed E-state index contributed by atoms with van der Waals surface area (Å²) in [6, 6.07) is 6.39. The lowest BCUT2D eigenvalue weighted by Crippen LogP contribution is -2.39. The second-order valence-corrected chi connectivity index (χ2v) is 7.86. The molecule has 9 heteroatoms. The fourth-order valence-electron chi connectivity index (χ4n) is 4.05. The summed E-state index contributed by atoms with van der Waals surface area (Å²) in [6.45, 7) is 9.11. The van der Waals surface area contributed by atoms with E-state index in [1.807, 2.05) is 11.5 Å². The van der Waals surface area contributed by atoms with Gasteiger partial charge >= 0.3 is 0 Å². The molecule has 1 N–H and O–H groups in total. The number of fused-ring (bicyclic) bond motifs is 1. The molecule has 1 saturated heterocycles. The van der Waals surface area contributed by atoms with E-state index in [1.165, 1.54) is 18.6 Å². The van der Waals surface area contributed by atoms with Gasteiger partial charge in [0.25, 0.3) is 5.69 Å². The van der Waals surface area contributed by atoms with E-state index in [1.54, 1.807) is 18.5 Å². The standard InChI is InChI=1S/C20H25N7O2/c1-4-25-12-21-17-18(22-15-6-5-7-16(9-15)27(28)29)23-20(24-19(17)25)26-10-13(2)8-14(3)11-26/h5-7,9,12-14H,4,8,10-11H2,1-3H3,(H,22,23,24). The molecule has 3 heterocycles. The molecule has 9 nitrogen and oxygen atoms in total. The van der Waals surface area contributed by atoms with Crippen LogP contribution in [0.2, 0.25) is 0 Å². The summed E-state index contributed by atoms with van der Waals surface area (Å²) in [5, 5.41) is 14.3. The molecule has 2 aromatic heterocycles. The van der Waals surface area contributed by atoms with Gasteiger partial charge in [-0.15, -0.1) is 0 Å². The van der Waals surface area contributed by atoms with Crippen molar-refractivity contribution < 1.29 is 4.92 Å². The van der Waals surface area contributed by atoms with Crippen LogP contribution in [0.5, 0.6) is 0 Å². The number of hydrogen-bond donors (Lipinski definition) is 1. The van der Waals surface area contributed by atoms with Crippen LogP contribution >= 0.6 is 0 Å². The fraction of sp³-hybridized carbons (Fsp3) is 0.450. The Morgan fingerprint density at radius 2 is 2.00 bits per heavy atom. The number of benzene rings is 1. The van der Waals surface area contributed by atoms with E-state index in [4.69, 9.17) is 9.97 Å². The summed E-state index contributed by atoms with van der Waals surface area (Å²) in [4.78, 5) is 27.0. The number of rotatable bonds is 5. The molecule has 0 bridgehead atoms. The van der Waals surface area contributed by atoms with Gasteiger partial charge in [-0.25, -0.2) is 4.98 Å². The van der Waals surface area contributed by atoms with E-state index in [2.05, 4.69) is 29.0 Å². The van der Waals surface area contributed by atoms with Gasteiger partial charge in [0.15, 0.2) is 17.0 Å². The topological polar surface area (TPSA) is 102 Å². The van der Waals surface area contributed by atoms with Crippen LogP contribution in [-0.4, -0.2) is 37.5 Å². The Kier molecular flexibility index (Phi) is 5.04. The highest BCUT2D eigenvalue weighted by molar-refractivity contribution is 5.86. The molecule has 152 valence electrons. The molecule has 1 aliphatic heterocycles. The van der Waals surface area contributed by atoms with Crippen LogP contribution in [-0.2, 0) is 6.54 Å². The number of piperidine rings is 1. The summed E-state index contributed by atoms with van der Waals surface area (Å²) in [5.41, 5.74) is 2.03. The number of imidazole rings is 1. The van der Waals surface area contributed by atoms with Gasteiger partial charge < -0.3 is 14.8 Å². The minimum absolute atomic E-state index is 0.0262. The second kappa shape index (κ2) is 7.65. The number of nitrogens with zero attached hydrogens (tertiary/aromatic N) is 6. The third kappa shape index (κ3) is 3.85. The smallest absolute Gasteiger partial charge is 0.271 e. The van der Waals surface area contributed by atoms with Crippen molar-refractivity contribution in [1.29, 1.82) is 0 Å². The molecule has 1 aliphatic rings. The van der Waals surface area contributed by atoms with Crippen LogP contribution in [0.15, 0.2) is 30.6 Å². The highest BCUT2D eigenvalue weighted by Crippen LogP contribution is 2.30. The normalized spacial score (nSPS) is 19.5. The first-order chi connectivity index (χ1) is 13.9. The minimum Gasteiger partial charge on any atom is -0.340 e. The van der Waals surface area contributed by atoms with E-state index in [9.17, 15) is 10.1 Å². The van der Waals surface area contributed by atoms with Gasteiger partial charge in [-0.05, 0) is 31.2 Å². The van der Waals surface area contributed by atoms with Crippen molar-refractivity contribution in [2.45, 2.75) is 33.7 Å². The molecule has 2 atom stereocenters. The highest BCUT2D eigenvalue weighted by Gasteiger charge is 2.25. The van der Waals surface area contributed by atoms with E-state index in [0.29, 0.717) is 34.8 Å². The van der Waals surface area contributed by atoms with Crippen molar-refractivity contribution in [3.05, 3.63) is 40.7 Å². The maximum Gasteiger partial charge on any atom is 0.271 e. The zero-order valence-electron chi connectivity index (χ0n) is 16.9. The fourth-order valence-corrected chi connectivity index (χ4v) is 4.05. The van der Waals surface area contributed by atoms with E-state index in [0.717, 1.165) is 25.3 Å². The number of nitrogens with one attached hydrogen (secondary N) is 1. The lowest BCUT2D eigenvalue weighted by Gasteiger charge is -2.35. The molecule has 0 amide bonds. The summed E-state index contributed by atoms with van der Waals surface area (Å²) < 4.78 is 1.98. The first-order valence-electron chi connectivity index (χ1n) is 9.94. The molecule has 0 radical (unpaired) electrons. The van der Waals surface area contributed by atoms with Crippen molar-refractivity contribution >= 4 is 34.3 Å². The van der Waals surface area contributed by atoms with Gasteiger partial charge in [0.1, 0.15) is 0 Å². The van der Waals surface area contributed by atoms with Crippen molar-refractivity contribution in [3.63, 3.8) is 0 Å². The average Bonchev–Trinajstić information content (AvgIpc) is 3.11. The van der Waals surface area contributed by atoms with Crippen LogP contribution in [0, 0.1) is 22.0 Å². The number of anilines is 3. The van der Waals surface area contributed by atoms with Crippen LogP contribution in [0.25, 0.3) is 11.2 Å². The Labute approximate surface area is 168 Å². The molecule has 1 aromatic carbocycles. The monoisotopic (exact) mass is 395 g/mol. The number of aromatic nitrogens is 4. The van der Waals surface area contributed by atoms with Gasteiger partial charge in [-0.1, -0.05) is 19.9 Å². The van der Waals surface area contributed by atoms with Gasteiger partial charge in [-0.3, -0.25) is 10.1 Å². The molecular weight excluding hydrogens is 370 g/mol. The molecule has 0 aliphatic carbocycles. The Morgan fingerprint density at radius 1 is 1.24 bits per heavy atom. The molecule has 4 rings (SSSR count). The van der Waals surface area contributed by atoms with E-state index in [-0.39, 0.29) is 5.69 Å². The highest BCUT2D eigenvalue weighted by atomic mass is 16.6. The molecule has 0 spiro atoms. The van der Waals surface area contributed by atoms with Gasteiger partial charge in [-0.2, -0.15) is 9.97 Å². The first kappa shape index (κ1) is 19.1. The number of aryl methyl sites for hydroxylation is 1. The molecular formula is C20H25N7O2. The van der Waals surface area contributed by atoms with Crippen LogP contribution in [0.3, 0.4) is 0 Å². The zero-order chi connectivity index (χ0) is 20.5. The number of nitro groups is 1. The van der Waals surface area contributed by atoms with E-state index < -0.39 is 4.92 Å². The molecule has 3 aromatic rings. The van der Waals surface area contributed by atoms with Gasteiger partial charge in [0, 0.05) is 37.5 Å². The van der Waals surface area contributed by atoms with Gasteiger partial charge in [0.2, 0.25) is 5.95 Å². The maximum atomic E-state index is 11.1. The summed E-state index contributed by atoms with van der Waals surface area (Å²) >= 11 is 0. The van der Waals surface area contributed by atoms with Crippen LogP contribution < -0.4 is 10.2 Å². The van der Waals surface area contributed by atoms with Crippen LogP contribution in [0.4, 0.5) is 23.1 Å². The SMILES string of the molecule is CCn1cnc2c(Nc3cccc([N+](=O)[O-])c3)nc(N3CC(C)CC(C)C3)nc21. The minimum atomic E-state index is -0.408. The van der Waals surface area contributed by atoms with Crippen LogP contribution in [0.1, 0.15) is 27.2 Å². The number of hydrogen-bond acceptors (Lipinski definition) is 7. The summed E-state index contributed by atoms with van der Waals surface area (Å²) in [5.74, 6) is 2.37. The third-order valence-electron chi connectivity index (χ3n) is 5.26. The van der Waals surface area contributed by atoms with Crippen molar-refractivity contribution in [3.8, 4) is 0 Å². The molecule has 29 heavy (non-hydrogen) atoms. The number of non-ortho nitro benzene ring substituents is 1. The quantitative estimate of drug-likeness (QED) is 0.515. The van der Waals surface area contributed by atoms with Crippen molar-refractivity contribution in [2.75, 3.05) is 23.3 Å². The average molecular weight is 395 g/mol. The number of nitro benzene ring substituents is 1. The Hall–Kier alpha value is -3.23. The Morgan fingerprint density at radius 3 is 2.69 bits per heavy atom. The van der Waals surface area contributed by atoms with Gasteiger partial charge in [0.05, 0.1) is 11.3 Å².